The zero-order chi connectivity index (χ0) is 16.1. The number of carbonyl (C=O) groups is 2. The predicted octanol–water partition coefficient (Wildman–Crippen LogP) is 1.70. The third kappa shape index (κ3) is 4.20. The maximum Gasteiger partial charge on any atom is 0.334 e. The first-order chi connectivity index (χ1) is 10.5. The van der Waals surface area contributed by atoms with E-state index in [1.807, 2.05) is 18.2 Å². The summed E-state index contributed by atoms with van der Waals surface area (Å²) in [6.07, 6.45) is 0.00887. The molecule has 1 aliphatic rings. The van der Waals surface area contributed by atoms with E-state index >= 15 is 0 Å². The zero-order valence-electron chi connectivity index (χ0n) is 12.3. The number of ether oxygens (including phenoxy) is 2. The van der Waals surface area contributed by atoms with Crippen LogP contribution >= 0.6 is 15.9 Å². The molecular formula is C15H18BrNO5. The highest BCUT2D eigenvalue weighted by atomic mass is 79.9. The SMILES string of the molecule is COc1ccc(CCC(=O)N2CCOC(C(=O)O)C2)cc1Br. The highest BCUT2D eigenvalue weighted by Gasteiger charge is 2.28. The first kappa shape index (κ1) is 16.8. The van der Waals surface area contributed by atoms with Crippen molar-refractivity contribution in [3.05, 3.63) is 28.2 Å². The molecule has 0 radical (unpaired) electrons. The van der Waals surface area contributed by atoms with Gasteiger partial charge in [-0.2, -0.15) is 0 Å². The van der Waals surface area contributed by atoms with Crippen molar-refractivity contribution in [1.82, 2.24) is 4.90 Å². The standard InChI is InChI=1S/C15H18BrNO5/c1-21-12-4-2-10(8-11(12)16)3-5-14(18)17-6-7-22-13(9-17)15(19)20/h2,4,8,13H,3,5-7,9H2,1H3,(H,19,20). The number of aliphatic carboxylic acids is 1. The van der Waals surface area contributed by atoms with Gasteiger partial charge >= 0.3 is 5.97 Å². The molecule has 1 heterocycles. The maximum absolute atomic E-state index is 12.2. The monoisotopic (exact) mass is 371 g/mol. The predicted molar refractivity (Wildman–Crippen MR) is 83.0 cm³/mol. The molecule has 1 fully saturated rings. The summed E-state index contributed by atoms with van der Waals surface area (Å²) >= 11 is 3.41. The lowest BCUT2D eigenvalue weighted by molar-refractivity contribution is -0.159. The van der Waals surface area contributed by atoms with Crippen LogP contribution in [0.3, 0.4) is 0 Å². The van der Waals surface area contributed by atoms with E-state index in [1.165, 1.54) is 0 Å². The van der Waals surface area contributed by atoms with Gasteiger partial charge in [-0.15, -0.1) is 0 Å². The van der Waals surface area contributed by atoms with Crippen molar-refractivity contribution >= 4 is 27.8 Å². The summed E-state index contributed by atoms with van der Waals surface area (Å²) in [4.78, 5) is 24.7. The van der Waals surface area contributed by atoms with Crippen molar-refractivity contribution in [3.63, 3.8) is 0 Å². The summed E-state index contributed by atoms with van der Waals surface area (Å²) in [5, 5.41) is 8.95. The van der Waals surface area contributed by atoms with Crippen LogP contribution in [0, 0.1) is 0 Å². The molecule has 120 valence electrons. The molecule has 6 nitrogen and oxygen atoms in total. The fraction of sp³-hybridized carbons (Fsp3) is 0.467. The van der Waals surface area contributed by atoms with Gasteiger partial charge in [0.25, 0.3) is 0 Å². The number of hydrogen-bond donors (Lipinski definition) is 1. The van der Waals surface area contributed by atoms with Crippen molar-refractivity contribution in [1.29, 1.82) is 0 Å². The minimum atomic E-state index is -1.03. The van der Waals surface area contributed by atoms with E-state index < -0.39 is 12.1 Å². The molecule has 2 rings (SSSR count). The number of nitrogens with zero attached hydrogens (tertiary/aromatic N) is 1. The van der Waals surface area contributed by atoms with Crippen LogP contribution in [0.1, 0.15) is 12.0 Å². The third-order valence-corrected chi connectivity index (χ3v) is 4.16. The molecule has 7 heteroatoms. The molecule has 0 saturated carbocycles. The second kappa shape index (κ2) is 7.60. The average molecular weight is 372 g/mol. The van der Waals surface area contributed by atoms with E-state index in [0.717, 1.165) is 15.8 Å². The van der Waals surface area contributed by atoms with Crippen LogP contribution in [0.4, 0.5) is 0 Å². The molecule has 1 atom stereocenters. The third-order valence-electron chi connectivity index (χ3n) is 3.54. The number of benzene rings is 1. The fourth-order valence-corrected chi connectivity index (χ4v) is 2.89. The summed E-state index contributed by atoms with van der Waals surface area (Å²) in [5.74, 6) is -0.342. The Balaban J connectivity index is 1.89. The van der Waals surface area contributed by atoms with E-state index in [-0.39, 0.29) is 19.1 Å². The molecule has 22 heavy (non-hydrogen) atoms. The van der Waals surface area contributed by atoms with Crippen molar-refractivity contribution in [2.45, 2.75) is 18.9 Å². The largest absolute Gasteiger partial charge is 0.496 e. The van der Waals surface area contributed by atoms with Gasteiger partial charge in [-0.05, 0) is 40.0 Å². The van der Waals surface area contributed by atoms with Crippen LogP contribution in [-0.2, 0) is 20.7 Å². The number of halogens is 1. The van der Waals surface area contributed by atoms with Gasteiger partial charge in [0.2, 0.25) is 5.91 Å². The van der Waals surface area contributed by atoms with E-state index in [0.29, 0.717) is 19.4 Å². The number of amides is 1. The Kier molecular flexibility index (Phi) is 5.79. The first-order valence-corrected chi connectivity index (χ1v) is 7.75. The molecule has 0 spiro atoms. The molecule has 1 aliphatic heterocycles. The molecule has 0 aliphatic carbocycles. The van der Waals surface area contributed by atoms with Gasteiger partial charge in [-0.3, -0.25) is 4.79 Å². The van der Waals surface area contributed by atoms with Crippen LogP contribution in [0.15, 0.2) is 22.7 Å². The van der Waals surface area contributed by atoms with Gasteiger partial charge in [0.15, 0.2) is 6.10 Å². The van der Waals surface area contributed by atoms with E-state index in [9.17, 15) is 9.59 Å². The highest BCUT2D eigenvalue weighted by molar-refractivity contribution is 9.10. The quantitative estimate of drug-likeness (QED) is 0.852. The number of carboxylic acid groups (broad SMARTS) is 1. The molecule has 1 aromatic rings. The summed E-state index contributed by atoms with van der Waals surface area (Å²) in [6, 6.07) is 5.68. The Labute approximate surface area is 137 Å². The minimum Gasteiger partial charge on any atom is -0.496 e. The van der Waals surface area contributed by atoms with Crippen LogP contribution in [0.2, 0.25) is 0 Å². The second-order valence-electron chi connectivity index (χ2n) is 5.01. The number of methoxy groups -OCH3 is 1. The summed E-state index contributed by atoms with van der Waals surface area (Å²) < 4.78 is 11.1. The van der Waals surface area contributed by atoms with E-state index in [2.05, 4.69) is 15.9 Å². The van der Waals surface area contributed by atoms with Crippen molar-refractivity contribution in [2.75, 3.05) is 26.8 Å². The van der Waals surface area contributed by atoms with Crippen LogP contribution < -0.4 is 4.74 Å². The molecule has 1 saturated heterocycles. The maximum atomic E-state index is 12.2. The van der Waals surface area contributed by atoms with Gasteiger partial charge in [-0.25, -0.2) is 4.79 Å². The van der Waals surface area contributed by atoms with E-state index in [4.69, 9.17) is 14.6 Å². The lowest BCUT2D eigenvalue weighted by Gasteiger charge is -2.31. The van der Waals surface area contributed by atoms with Gasteiger partial charge in [0, 0.05) is 13.0 Å². The van der Waals surface area contributed by atoms with Crippen molar-refractivity contribution < 1.29 is 24.2 Å². The Morgan fingerprint density at radius 2 is 2.27 bits per heavy atom. The fourth-order valence-electron chi connectivity index (χ4n) is 2.30. The summed E-state index contributed by atoms with van der Waals surface area (Å²) in [7, 11) is 1.60. The van der Waals surface area contributed by atoms with Gasteiger partial charge in [0.05, 0.1) is 24.7 Å². The zero-order valence-corrected chi connectivity index (χ0v) is 13.8. The first-order valence-electron chi connectivity index (χ1n) is 6.96. The smallest absolute Gasteiger partial charge is 0.334 e. The molecule has 1 amide bonds. The second-order valence-corrected chi connectivity index (χ2v) is 5.86. The number of carbonyl (C=O) groups excluding carboxylic acids is 1. The number of aryl methyl sites for hydroxylation is 1. The lowest BCUT2D eigenvalue weighted by atomic mass is 10.1. The van der Waals surface area contributed by atoms with Crippen molar-refractivity contribution in [3.8, 4) is 5.75 Å². The molecule has 0 aromatic heterocycles. The molecular weight excluding hydrogens is 354 g/mol. The van der Waals surface area contributed by atoms with Crippen molar-refractivity contribution in [2.24, 2.45) is 0 Å². The van der Waals surface area contributed by atoms with Gasteiger partial charge < -0.3 is 19.5 Å². The van der Waals surface area contributed by atoms with Gasteiger partial charge in [0.1, 0.15) is 5.75 Å². The normalized spacial score (nSPS) is 18.1. The average Bonchev–Trinajstić information content (AvgIpc) is 2.52. The number of hydrogen-bond acceptors (Lipinski definition) is 4. The minimum absolute atomic E-state index is 0.0542. The molecule has 1 aromatic carbocycles. The summed E-state index contributed by atoms with van der Waals surface area (Å²) in [6.45, 7) is 0.812. The Morgan fingerprint density at radius 3 is 2.91 bits per heavy atom. The van der Waals surface area contributed by atoms with Crippen LogP contribution in [-0.4, -0.2) is 54.8 Å². The number of morpholine rings is 1. The molecule has 1 unspecified atom stereocenters. The highest BCUT2D eigenvalue weighted by Crippen LogP contribution is 2.26. The number of rotatable bonds is 5. The summed E-state index contributed by atoms with van der Waals surface area (Å²) in [5.41, 5.74) is 1.02. The van der Waals surface area contributed by atoms with Crippen LogP contribution in [0.25, 0.3) is 0 Å². The van der Waals surface area contributed by atoms with Gasteiger partial charge in [-0.1, -0.05) is 6.07 Å². The molecule has 1 N–H and O–H groups in total. The van der Waals surface area contributed by atoms with Crippen LogP contribution in [0.5, 0.6) is 5.75 Å². The Morgan fingerprint density at radius 1 is 1.50 bits per heavy atom. The van der Waals surface area contributed by atoms with E-state index in [1.54, 1.807) is 12.0 Å². The Bertz CT molecular complexity index is 563. The lowest BCUT2D eigenvalue weighted by Crippen LogP contribution is -2.48. The topological polar surface area (TPSA) is 76.1 Å². The Hall–Kier alpha value is -1.60. The molecule has 0 bridgehead atoms. The number of carboxylic acids is 1.